The molecule has 0 fully saturated rings. The Hall–Kier alpha value is -3.82. The van der Waals surface area contributed by atoms with Crippen LogP contribution in [0.2, 0.25) is 0 Å². The molecule has 0 bridgehead atoms. The van der Waals surface area contributed by atoms with Gasteiger partial charge < -0.3 is 24.1 Å². The average Bonchev–Trinajstić information content (AvgIpc) is 2.98. The Labute approximate surface area is 257 Å². The van der Waals surface area contributed by atoms with Crippen LogP contribution in [0.5, 0.6) is 11.5 Å². The number of ketones is 1. The Morgan fingerprint density at radius 2 is 1.95 bits per heavy atom. The van der Waals surface area contributed by atoms with Gasteiger partial charge in [0.2, 0.25) is 5.76 Å². The highest BCUT2D eigenvalue weighted by molar-refractivity contribution is 7.81. The van der Waals surface area contributed by atoms with Gasteiger partial charge >= 0.3 is 5.97 Å². The van der Waals surface area contributed by atoms with E-state index in [0.29, 0.717) is 53.7 Å². The first-order valence-corrected chi connectivity index (χ1v) is 15.0. The van der Waals surface area contributed by atoms with Gasteiger partial charge in [0.15, 0.2) is 11.2 Å². The number of unbranched alkanes of at least 4 members (excludes halogenated alkanes) is 1. The fourth-order valence-electron chi connectivity index (χ4n) is 4.97. The van der Waals surface area contributed by atoms with Crippen LogP contribution in [0.1, 0.15) is 97.3 Å². The van der Waals surface area contributed by atoms with Gasteiger partial charge in [-0.25, -0.2) is 4.79 Å². The molecule has 1 aliphatic carbocycles. The Kier molecular flexibility index (Phi) is 12.6. The van der Waals surface area contributed by atoms with Gasteiger partial charge in [0.25, 0.3) is 0 Å². The van der Waals surface area contributed by atoms with E-state index in [1.54, 1.807) is 42.5 Å². The van der Waals surface area contributed by atoms with Gasteiger partial charge in [-0.3, -0.25) is 9.59 Å². The van der Waals surface area contributed by atoms with Crippen molar-refractivity contribution in [2.45, 2.75) is 77.7 Å². The zero-order valence-electron chi connectivity index (χ0n) is 25.2. The number of fused-ring (bicyclic) bond motifs is 1. The lowest BCUT2D eigenvalue weighted by atomic mass is 9.88. The molecule has 3 rings (SSSR count). The van der Waals surface area contributed by atoms with E-state index in [4.69, 9.17) is 26.1 Å². The zero-order chi connectivity index (χ0) is 31.5. The smallest absolute Gasteiger partial charge is 0.374 e. The molecule has 230 valence electrons. The van der Waals surface area contributed by atoms with E-state index in [0.717, 1.165) is 19.3 Å². The van der Waals surface area contributed by atoms with Gasteiger partial charge in [-0.2, -0.15) is 0 Å². The summed E-state index contributed by atoms with van der Waals surface area (Å²) in [5.41, 5.74) is 0.758. The van der Waals surface area contributed by atoms with Gasteiger partial charge in [0.1, 0.15) is 16.9 Å². The number of carbonyl (C=O) groups is 2. The van der Waals surface area contributed by atoms with E-state index in [-0.39, 0.29) is 33.8 Å². The number of methoxy groups -OCH3 is 1. The number of rotatable bonds is 15. The van der Waals surface area contributed by atoms with Crippen molar-refractivity contribution in [2.24, 2.45) is 0 Å². The van der Waals surface area contributed by atoms with E-state index in [2.05, 4.69) is 0 Å². The zero-order valence-corrected chi connectivity index (χ0v) is 26.0. The first-order chi connectivity index (χ1) is 20.6. The van der Waals surface area contributed by atoms with Gasteiger partial charge in [-0.15, -0.1) is 0 Å². The number of hydrogen-bond donors (Lipinski definition) is 2. The highest BCUT2D eigenvalue weighted by Gasteiger charge is 2.30. The van der Waals surface area contributed by atoms with Crippen LogP contribution in [0.15, 0.2) is 45.6 Å². The molecule has 8 nitrogen and oxygen atoms in total. The Bertz CT molecular complexity index is 1580. The van der Waals surface area contributed by atoms with Crippen molar-refractivity contribution < 1.29 is 33.7 Å². The molecule has 1 aromatic heterocycles. The number of phenols is 1. The maximum atomic E-state index is 13.7. The molecule has 0 unspecified atom stereocenters. The molecule has 2 atom stereocenters. The van der Waals surface area contributed by atoms with Crippen LogP contribution < -0.4 is 20.8 Å². The van der Waals surface area contributed by atoms with Crippen molar-refractivity contribution in [2.75, 3.05) is 13.7 Å². The third kappa shape index (κ3) is 8.39. The second kappa shape index (κ2) is 16.1. The molecule has 0 aliphatic heterocycles. The number of esters is 1. The quantitative estimate of drug-likeness (QED) is 0.0962. The standard InChI is InChI=1S/C34H40O8S/c1-5-7-14-27(36)24(30-32(38)26-16-15-22(43)20-29(26)42-33(30)34(39)40-4)13-10-8-9-11-19-41-28-18-17-23(21(3)35)31(37)25(28)12-6-2/h8-10,13,16-18,20,24,27,36-37H,5-7,11-12,14-15,19H2,1-4H3/b9-8-,13-10+/t24-,27-/m1/s1. The van der Waals surface area contributed by atoms with Crippen LogP contribution >= 0.6 is 12.2 Å². The fourth-order valence-corrected chi connectivity index (χ4v) is 5.16. The van der Waals surface area contributed by atoms with Gasteiger partial charge in [-0.05, 0) is 44.4 Å². The first-order valence-electron chi connectivity index (χ1n) is 14.6. The van der Waals surface area contributed by atoms with Gasteiger partial charge in [0, 0.05) is 22.8 Å². The minimum absolute atomic E-state index is 0.0332. The number of aliphatic hydroxyl groups is 1. The van der Waals surface area contributed by atoms with Crippen molar-refractivity contribution in [3.8, 4) is 11.5 Å². The van der Waals surface area contributed by atoms with E-state index in [1.165, 1.54) is 14.0 Å². The highest BCUT2D eigenvalue weighted by atomic mass is 32.1. The highest BCUT2D eigenvalue weighted by Crippen LogP contribution is 2.33. The second-order valence-corrected chi connectivity index (χ2v) is 10.9. The van der Waals surface area contributed by atoms with Crippen LogP contribution in [0.25, 0.3) is 12.2 Å². The topological polar surface area (TPSA) is 123 Å². The third-order valence-electron chi connectivity index (χ3n) is 7.21. The molecule has 2 N–H and O–H groups in total. The largest absolute Gasteiger partial charge is 0.507 e. The molecule has 1 aromatic carbocycles. The minimum Gasteiger partial charge on any atom is -0.507 e. The van der Waals surface area contributed by atoms with Gasteiger partial charge in [-0.1, -0.05) is 75.7 Å². The number of ether oxygens (including phenoxy) is 2. The van der Waals surface area contributed by atoms with Crippen molar-refractivity contribution in [3.63, 3.8) is 0 Å². The predicted molar refractivity (Wildman–Crippen MR) is 170 cm³/mol. The number of aliphatic hydroxyl groups excluding tert-OH is 1. The normalized spacial score (nSPS) is 14.2. The number of allylic oxidation sites excluding steroid dienone is 2. The second-order valence-electron chi connectivity index (χ2n) is 10.4. The molecule has 9 heteroatoms. The SMILES string of the molecule is CCCC[C@@H](O)[C@@H](/C=C/C=C\CCOc1ccc(C(C)=O)c(O)c1CCC)c1c(C(=O)OC)oc2c(c1=O)=CCC(=S)C=2. The molecule has 0 amide bonds. The number of phenolic OH excluding ortho intramolecular Hbond substituents is 1. The predicted octanol–water partition coefficient (Wildman–Crippen LogP) is 4.84. The number of carbonyl (C=O) groups excluding carboxylic acids is 2. The lowest BCUT2D eigenvalue weighted by Crippen LogP contribution is -2.45. The maximum Gasteiger partial charge on any atom is 0.374 e. The number of aromatic hydroxyl groups is 1. The number of thiocarbonyl (C=S) groups is 1. The summed E-state index contributed by atoms with van der Waals surface area (Å²) in [7, 11) is 1.21. The first kappa shape index (κ1) is 33.7. The van der Waals surface area contributed by atoms with Crippen molar-refractivity contribution in [1.29, 1.82) is 0 Å². The monoisotopic (exact) mass is 608 g/mol. The van der Waals surface area contributed by atoms with Gasteiger partial charge in [0.05, 0.1) is 36.2 Å². The van der Waals surface area contributed by atoms with Crippen LogP contribution in [0, 0.1) is 0 Å². The summed E-state index contributed by atoms with van der Waals surface area (Å²) < 4.78 is 16.7. The van der Waals surface area contributed by atoms with Crippen molar-refractivity contribution >= 4 is 41.0 Å². The van der Waals surface area contributed by atoms with Crippen LogP contribution in [-0.4, -0.2) is 46.7 Å². The van der Waals surface area contributed by atoms with Crippen LogP contribution in [0.3, 0.4) is 0 Å². The summed E-state index contributed by atoms with van der Waals surface area (Å²) in [6, 6.07) is 3.28. The molecule has 1 heterocycles. The van der Waals surface area contributed by atoms with E-state index in [1.807, 2.05) is 19.9 Å². The Balaban J connectivity index is 1.85. The fraction of sp³-hybridized carbons (Fsp3) is 0.412. The van der Waals surface area contributed by atoms with E-state index < -0.39 is 23.4 Å². The molecule has 0 radical (unpaired) electrons. The Morgan fingerprint density at radius 1 is 1.19 bits per heavy atom. The molecule has 0 saturated heterocycles. The summed E-state index contributed by atoms with van der Waals surface area (Å²) in [5, 5.41) is 22.0. The van der Waals surface area contributed by atoms with E-state index >= 15 is 0 Å². The van der Waals surface area contributed by atoms with Crippen LogP contribution in [-0.2, 0) is 11.2 Å². The molecular formula is C34H40O8S. The van der Waals surface area contributed by atoms with Crippen molar-refractivity contribution in [1.82, 2.24) is 0 Å². The third-order valence-corrected chi connectivity index (χ3v) is 7.49. The minimum atomic E-state index is -0.937. The number of Topliss-reactive ketones (excluding diaryl/α,β-unsaturated/α-hetero) is 1. The molecule has 0 spiro atoms. The summed E-state index contributed by atoms with van der Waals surface area (Å²) in [4.78, 5) is 38.8. The van der Waals surface area contributed by atoms with Crippen LogP contribution in [0.4, 0.5) is 0 Å². The molecule has 2 aromatic rings. The lowest BCUT2D eigenvalue weighted by Gasteiger charge is -2.21. The van der Waals surface area contributed by atoms with E-state index in [9.17, 15) is 24.6 Å². The number of benzene rings is 1. The summed E-state index contributed by atoms with van der Waals surface area (Å²) in [6.07, 6.45) is 13.7. The summed E-state index contributed by atoms with van der Waals surface area (Å²) in [5.74, 6) is -1.57. The maximum absolute atomic E-state index is 13.7. The molecule has 43 heavy (non-hydrogen) atoms. The lowest BCUT2D eigenvalue weighted by molar-refractivity contribution is 0.0553. The molecule has 1 aliphatic rings. The van der Waals surface area contributed by atoms with Crippen molar-refractivity contribution in [3.05, 3.63) is 79.7 Å². The molecular weight excluding hydrogens is 568 g/mol. The Morgan fingerprint density at radius 3 is 2.63 bits per heavy atom. The average molecular weight is 609 g/mol. The molecule has 0 saturated carbocycles. The number of hydrogen-bond acceptors (Lipinski definition) is 9. The summed E-state index contributed by atoms with van der Waals surface area (Å²) >= 11 is 5.25. The summed E-state index contributed by atoms with van der Waals surface area (Å²) in [6.45, 7) is 5.74.